The zero-order chi connectivity index (χ0) is 13.8. The number of halogens is 1. The van der Waals surface area contributed by atoms with Crippen molar-refractivity contribution in [2.24, 2.45) is 5.73 Å². The first-order chi connectivity index (χ1) is 9.04. The molecule has 0 fully saturated rings. The van der Waals surface area contributed by atoms with Crippen molar-refractivity contribution in [2.75, 3.05) is 0 Å². The number of rotatable bonds is 5. The van der Waals surface area contributed by atoms with Crippen molar-refractivity contribution in [1.82, 2.24) is 4.98 Å². The molecule has 3 nitrogen and oxygen atoms in total. The Morgan fingerprint density at radius 2 is 2.11 bits per heavy atom. The first-order valence-electron chi connectivity index (χ1n) is 5.66. The highest BCUT2D eigenvalue weighted by molar-refractivity contribution is 8.00. The minimum atomic E-state index is -0.346. The van der Waals surface area contributed by atoms with Crippen LogP contribution in [0.2, 0.25) is 0 Å². The number of carbonyl (C=O) groups is 1. The van der Waals surface area contributed by atoms with E-state index in [2.05, 4.69) is 4.98 Å². The maximum atomic E-state index is 12.8. The molecule has 0 unspecified atom stereocenters. The van der Waals surface area contributed by atoms with Gasteiger partial charge in [0.25, 0.3) is 0 Å². The Hall–Kier alpha value is -1.40. The first kappa shape index (κ1) is 14.0. The molecule has 19 heavy (non-hydrogen) atoms. The molecule has 6 heteroatoms. The molecular formula is C13H13FN2OS2. The number of carbonyl (C=O) groups excluding carboxylic acids is 1. The second kappa shape index (κ2) is 6.16. The predicted octanol–water partition coefficient (Wildman–Crippen LogP) is 2.91. The summed E-state index contributed by atoms with van der Waals surface area (Å²) in [6, 6.07) is 6.41. The number of primary amides is 1. The van der Waals surface area contributed by atoms with Crippen molar-refractivity contribution >= 4 is 29.0 Å². The number of amides is 1. The zero-order valence-electron chi connectivity index (χ0n) is 10.4. The van der Waals surface area contributed by atoms with Gasteiger partial charge in [-0.15, -0.1) is 11.3 Å². The Balaban J connectivity index is 1.99. The second-order valence-electron chi connectivity index (χ2n) is 4.05. The minimum Gasteiger partial charge on any atom is -0.369 e. The van der Waals surface area contributed by atoms with E-state index in [0.717, 1.165) is 26.2 Å². The Bertz CT molecular complexity index is 581. The van der Waals surface area contributed by atoms with Gasteiger partial charge < -0.3 is 5.73 Å². The molecule has 0 bridgehead atoms. The molecule has 0 atom stereocenters. The SMILES string of the molecule is Cc1nc(SCc2ccc(F)cc2)sc1CC(N)=O. The molecule has 0 saturated heterocycles. The Morgan fingerprint density at radius 1 is 1.42 bits per heavy atom. The van der Waals surface area contributed by atoms with Gasteiger partial charge in [0.1, 0.15) is 5.82 Å². The summed E-state index contributed by atoms with van der Waals surface area (Å²) in [4.78, 5) is 16.2. The van der Waals surface area contributed by atoms with Crippen molar-refractivity contribution in [3.8, 4) is 0 Å². The van der Waals surface area contributed by atoms with Crippen molar-refractivity contribution < 1.29 is 9.18 Å². The van der Waals surface area contributed by atoms with Gasteiger partial charge in [0.15, 0.2) is 4.34 Å². The quantitative estimate of drug-likeness (QED) is 0.863. The van der Waals surface area contributed by atoms with E-state index in [0.29, 0.717) is 0 Å². The molecular weight excluding hydrogens is 283 g/mol. The molecule has 0 spiro atoms. The van der Waals surface area contributed by atoms with Crippen LogP contribution in [-0.4, -0.2) is 10.9 Å². The lowest BCUT2D eigenvalue weighted by molar-refractivity contribution is -0.117. The van der Waals surface area contributed by atoms with Gasteiger partial charge in [-0.3, -0.25) is 4.79 Å². The molecule has 1 amide bonds. The van der Waals surface area contributed by atoms with Crippen molar-refractivity contribution in [3.05, 3.63) is 46.2 Å². The van der Waals surface area contributed by atoms with Crippen molar-refractivity contribution in [3.63, 3.8) is 0 Å². The van der Waals surface area contributed by atoms with Crippen LogP contribution in [0.3, 0.4) is 0 Å². The average Bonchev–Trinajstić information content (AvgIpc) is 2.69. The maximum Gasteiger partial charge on any atom is 0.222 e. The minimum absolute atomic E-state index is 0.234. The van der Waals surface area contributed by atoms with Crippen LogP contribution < -0.4 is 5.73 Å². The largest absolute Gasteiger partial charge is 0.369 e. The van der Waals surface area contributed by atoms with Crippen LogP contribution in [0.25, 0.3) is 0 Å². The summed E-state index contributed by atoms with van der Waals surface area (Å²) in [7, 11) is 0. The molecule has 2 aromatic rings. The third kappa shape index (κ3) is 4.04. The van der Waals surface area contributed by atoms with Crippen LogP contribution >= 0.6 is 23.1 Å². The normalized spacial score (nSPS) is 10.6. The lowest BCUT2D eigenvalue weighted by atomic mass is 10.2. The molecule has 1 heterocycles. The molecule has 1 aromatic heterocycles. The number of nitrogens with zero attached hydrogens (tertiary/aromatic N) is 1. The summed E-state index contributed by atoms with van der Waals surface area (Å²) in [5.41, 5.74) is 7.07. The number of aromatic nitrogens is 1. The molecule has 100 valence electrons. The maximum absolute atomic E-state index is 12.8. The van der Waals surface area contributed by atoms with Gasteiger partial charge in [-0.2, -0.15) is 0 Å². The van der Waals surface area contributed by atoms with E-state index in [4.69, 9.17) is 5.73 Å². The highest BCUT2D eigenvalue weighted by Crippen LogP contribution is 2.29. The summed E-state index contributed by atoms with van der Waals surface area (Å²) in [5, 5.41) is 0. The third-order valence-corrected chi connectivity index (χ3v) is 4.85. The monoisotopic (exact) mass is 296 g/mol. The van der Waals surface area contributed by atoms with E-state index in [-0.39, 0.29) is 18.1 Å². The molecule has 0 aliphatic carbocycles. The summed E-state index contributed by atoms with van der Waals surface area (Å²) in [6.45, 7) is 1.87. The van der Waals surface area contributed by atoms with Gasteiger partial charge in [0, 0.05) is 10.6 Å². The number of thiazole rings is 1. The Kier molecular flexibility index (Phi) is 4.55. The van der Waals surface area contributed by atoms with Gasteiger partial charge in [0.2, 0.25) is 5.91 Å². The molecule has 0 saturated carbocycles. The average molecular weight is 296 g/mol. The highest BCUT2D eigenvalue weighted by atomic mass is 32.2. The second-order valence-corrected chi connectivity index (χ2v) is 6.35. The van der Waals surface area contributed by atoms with Gasteiger partial charge in [-0.25, -0.2) is 9.37 Å². The van der Waals surface area contributed by atoms with Crippen LogP contribution in [0.4, 0.5) is 4.39 Å². The fourth-order valence-electron chi connectivity index (χ4n) is 1.51. The van der Waals surface area contributed by atoms with E-state index in [9.17, 15) is 9.18 Å². The molecule has 2 N–H and O–H groups in total. The van der Waals surface area contributed by atoms with E-state index in [1.165, 1.54) is 23.5 Å². The molecule has 0 aliphatic rings. The summed E-state index contributed by atoms with van der Waals surface area (Å²) < 4.78 is 13.7. The third-order valence-electron chi connectivity index (χ3n) is 2.48. The summed E-state index contributed by atoms with van der Waals surface area (Å²) in [5.74, 6) is 0.146. The Labute approximate surface area is 119 Å². The van der Waals surface area contributed by atoms with Crippen molar-refractivity contribution in [2.45, 2.75) is 23.4 Å². The van der Waals surface area contributed by atoms with Crippen LogP contribution in [0.1, 0.15) is 16.1 Å². The molecule has 0 radical (unpaired) electrons. The number of hydrogen-bond acceptors (Lipinski definition) is 4. The predicted molar refractivity (Wildman–Crippen MR) is 75.7 cm³/mol. The number of thioether (sulfide) groups is 1. The fourth-order valence-corrected chi connectivity index (χ4v) is 3.71. The van der Waals surface area contributed by atoms with E-state index in [1.807, 2.05) is 6.92 Å². The van der Waals surface area contributed by atoms with Crippen molar-refractivity contribution in [1.29, 1.82) is 0 Å². The topological polar surface area (TPSA) is 56.0 Å². The number of benzene rings is 1. The number of aryl methyl sites for hydroxylation is 1. The van der Waals surface area contributed by atoms with Crippen LogP contribution in [0.15, 0.2) is 28.6 Å². The van der Waals surface area contributed by atoms with Crippen LogP contribution in [0.5, 0.6) is 0 Å². The van der Waals surface area contributed by atoms with E-state index >= 15 is 0 Å². The van der Waals surface area contributed by atoms with Crippen LogP contribution in [-0.2, 0) is 17.0 Å². The van der Waals surface area contributed by atoms with Gasteiger partial charge in [-0.1, -0.05) is 23.9 Å². The van der Waals surface area contributed by atoms with Gasteiger partial charge in [-0.05, 0) is 24.6 Å². The molecule has 2 rings (SSSR count). The first-order valence-corrected chi connectivity index (χ1v) is 7.46. The standard InChI is InChI=1S/C13H13FN2OS2/c1-8-11(6-12(15)17)19-13(16-8)18-7-9-2-4-10(14)5-3-9/h2-5H,6-7H2,1H3,(H2,15,17). The number of nitrogens with two attached hydrogens (primary N) is 1. The summed E-state index contributed by atoms with van der Waals surface area (Å²) >= 11 is 3.06. The van der Waals surface area contributed by atoms with Crippen LogP contribution in [0, 0.1) is 12.7 Å². The lowest BCUT2D eigenvalue weighted by Gasteiger charge is -1.98. The summed E-state index contributed by atoms with van der Waals surface area (Å²) in [6.07, 6.45) is 0.237. The number of hydrogen-bond donors (Lipinski definition) is 1. The smallest absolute Gasteiger partial charge is 0.222 e. The lowest BCUT2D eigenvalue weighted by Crippen LogP contribution is -2.13. The highest BCUT2D eigenvalue weighted by Gasteiger charge is 2.10. The van der Waals surface area contributed by atoms with E-state index < -0.39 is 0 Å². The molecule has 0 aliphatic heterocycles. The van der Waals surface area contributed by atoms with E-state index in [1.54, 1.807) is 23.9 Å². The zero-order valence-corrected chi connectivity index (χ0v) is 12.0. The van der Waals surface area contributed by atoms with Gasteiger partial charge >= 0.3 is 0 Å². The fraction of sp³-hybridized carbons (Fsp3) is 0.231. The molecule has 1 aromatic carbocycles. The van der Waals surface area contributed by atoms with Gasteiger partial charge in [0.05, 0.1) is 12.1 Å². The Morgan fingerprint density at radius 3 is 2.74 bits per heavy atom.